The molecule has 11 heteroatoms. The van der Waals surface area contributed by atoms with Crippen LogP contribution in [0.25, 0.3) is 0 Å². The van der Waals surface area contributed by atoms with Gasteiger partial charge in [-0.15, -0.1) is 0 Å². The van der Waals surface area contributed by atoms with Crippen molar-refractivity contribution in [2.24, 2.45) is 5.73 Å². The number of nitrogens with two attached hydrogens (primary N) is 1. The first-order valence-corrected chi connectivity index (χ1v) is 10.7. The summed E-state index contributed by atoms with van der Waals surface area (Å²) in [5.41, 5.74) is 5.67. The first kappa shape index (κ1) is 23.6. The highest BCUT2D eigenvalue weighted by Crippen LogP contribution is 2.20. The van der Waals surface area contributed by atoms with Gasteiger partial charge in [-0.2, -0.15) is 24.4 Å². The number of thiol groups is 1. The Morgan fingerprint density at radius 2 is 2.00 bits per heavy atom. The Morgan fingerprint density at radius 3 is 2.56 bits per heavy atom. The maximum Gasteiger partial charge on any atom is 0.325 e. The summed E-state index contributed by atoms with van der Waals surface area (Å²) in [6.45, 7) is 1.74. The van der Waals surface area contributed by atoms with E-state index in [9.17, 15) is 19.2 Å². The molecule has 0 aromatic heterocycles. The third-order valence-corrected chi connectivity index (χ3v) is 5.36. The van der Waals surface area contributed by atoms with Crippen LogP contribution in [0, 0.1) is 0 Å². The normalized spacial score (nSPS) is 19.9. The minimum atomic E-state index is -1.15. The van der Waals surface area contributed by atoms with Crippen molar-refractivity contribution in [2.75, 3.05) is 24.3 Å². The zero-order valence-corrected chi connectivity index (χ0v) is 17.2. The van der Waals surface area contributed by atoms with Crippen molar-refractivity contribution < 1.29 is 24.3 Å². The van der Waals surface area contributed by atoms with Crippen LogP contribution in [0.3, 0.4) is 0 Å². The molecule has 1 fully saturated rings. The molecular weight excluding hydrogens is 392 g/mol. The van der Waals surface area contributed by atoms with Crippen LogP contribution in [-0.4, -0.2) is 82.2 Å². The fourth-order valence-corrected chi connectivity index (χ4v) is 3.37. The third kappa shape index (κ3) is 6.89. The lowest BCUT2D eigenvalue weighted by Crippen LogP contribution is -2.56. The number of thioether (sulfide) groups is 1. The number of hydrogen-bond acceptors (Lipinski definition) is 7. The molecule has 0 bridgehead atoms. The van der Waals surface area contributed by atoms with Gasteiger partial charge in [0.15, 0.2) is 0 Å². The fourth-order valence-electron chi connectivity index (χ4n) is 2.73. The number of carboxylic acid groups (broad SMARTS) is 1. The minimum Gasteiger partial charge on any atom is -0.480 e. The van der Waals surface area contributed by atoms with Crippen LogP contribution >= 0.6 is 24.4 Å². The largest absolute Gasteiger partial charge is 0.480 e. The standard InChI is InChI=1S/C16H28N4O5S2/c1-9(16(24)25)18-14(22)12-4-3-6-20(12)15(23)11(5-7-27-2)19-13(21)10(17)8-26/h9-12,26H,3-8,17H2,1-2H3,(H,18,22)(H,19,21)(H,24,25). The van der Waals surface area contributed by atoms with E-state index in [1.165, 1.54) is 23.6 Å². The van der Waals surface area contributed by atoms with Crippen LogP contribution < -0.4 is 16.4 Å². The second-order valence-corrected chi connectivity index (χ2v) is 7.74. The van der Waals surface area contributed by atoms with E-state index in [2.05, 4.69) is 23.3 Å². The molecule has 1 aliphatic rings. The summed E-state index contributed by atoms with van der Waals surface area (Å²) in [5, 5.41) is 14.0. The molecule has 0 aromatic carbocycles. The molecule has 0 radical (unpaired) electrons. The third-order valence-electron chi connectivity index (χ3n) is 4.33. The Morgan fingerprint density at radius 1 is 1.33 bits per heavy atom. The number of hydrogen-bond donors (Lipinski definition) is 5. The van der Waals surface area contributed by atoms with Gasteiger partial charge >= 0.3 is 5.97 Å². The van der Waals surface area contributed by atoms with Crippen LogP contribution in [-0.2, 0) is 19.2 Å². The van der Waals surface area contributed by atoms with Crippen LogP contribution in [0.2, 0.25) is 0 Å². The summed E-state index contributed by atoms with van der Waals surface area (Å²) < 4.78 is 0. The smallest absolute Gasteiger partial charge is 0.325 e. The van der Waals surface area contributed by atoms with Gasteiger partial charge in [0, 0.05) is 12.3 Å². The number of nitrogens with zero attached hydrogens (tertiary/aromatic N) is 1. The second kappa shape index (κ2) is 11.4. The lowest BCUT2D eigenvalue weighted by molar-refractivity contribution is -0.144. The zero-order valence-electron chi connectivity index (χ0n) is 15.5. The van der Waals surface area contributed by atoms with Gasteiger partial charge in [-0.3, -0.25) is 19.2 Å². The molecule has 4 atom stereocenters. The lowest BCUT2D eigenvalue weighted by Gasteiger charge is -2.29. The molecule has 5 N–H and O–H groups in total. The molecule has 3 amide bonds. The number of carboxylic acids is 1. The van der Waals surface area contributed by atoms with Crippen molar-refractivity contribution in [3.8, 4) is 0 Å². The molecule has 4 unspecified atom stereocenters. The van der Waals surface area contributed by atoms with Gasteiger partial charge in [0.1, 0.15) is 18.1 Å². The van der Waals surface area contributed by atoms with E-state index in [4.69, 9.17) is 10.8 Å². The molecule has 0 aromatic rings. The Balaban J connectivity index is 2.86. The molecular formula is C16H28N4O5S2. The average molecular weight is 421 g/mol. The van der Waals surface area contributed by atoms with E-state index < -0.39 is 42.0 Å². The fraction of sp³-hybridized carbons (Fsp3) is 0.750. The lowest BCUT2D eigenvalue weighted by atomic mass is 10.1. The summed E-state index contributed by atoms with van der Waals surface area (Å²) in [6.07, 6.45) is 3.37. The van der Waals surface area contributed by atoms with Crippen LogP contribution in [0.5, 0.6) is 0 Å². The summed E-state index contributed by atoms with van der Waals surface area (Å²) in [4.78, 5) is 49.8. The van der Waals surface area contributed by atoms with Crippen molar-refractivity contribution in [3.05, 3.63) is 0 Å². The number of aliphatic carboxylic acids is 1. The molecule has 0 saturated carbocycles. The Bertz CT molecular complexity index is 563. The highest BCUT2D eigenvalue weighted by molar-refractivity contribution is 7.98. The monoisotopic (exact) mass is 420 g/mol. The number of amides is 3. The van der Waals surface area contributed by atoms with E-state index in [1.54, 1.807) is 0 Å². The van der Waals surface area contributed by atoms with Crippen LogP contribution in [0.1, 0.15) is 26.2 Å². The van der Waals surface area contributed by atoms with Gasteiger partial charge in [-0.1, -0.05) is 0 Å². The Labute approximate surface area is 168 Å². The summed E-state index contributed by atoms with van der Waals surface area (Å²) in [6, 6.07) is -3.41. The van der Waals surface area contributed by atoms with Gasteiger partial charge in [-0.25, -0.2) is 0 Å². The molecule has 1 heterocycles. The molecule has 27 heavy (non-hydrogen) atoms. The van der Waals surface area contributed by atoms with Crippen LogP contribution in [0.15, 0.2) is 0 Å². The van der Waals surface area contributed by atoms with Gasteiger partial charge in [-0.05, 0) is 38.2 Å². The first-order chi connectivity index (χ1) is 12.7. The van der Waals surface area contributed by atoms with Crippen LogP contribution in [0.4, 0.5) is 0 Å². The summed E-state index contributed by atoms with van der Waals surface area (Å²) >= 11 is 5.53. The quantitative estimate of drug-likeness (QED) is 0.287. The summed E-state index contributed by atoms with van der Waals surface area (Å²) in [7, 11) is 0. The highest BCUT2D eigenvalue weighted by Gasteiger charge is 2.38. The number of nitrogens with one attached hydrogen (secondary N) is 2. The number of carbonyl (C=O) groups is 4. The van der Waals surface area contributed by atoms with Crippen molar-refractivity contribution in [1.29, 1.82) is 0 Å². The van der Waals surface area contributed by atoms with Crippen molar-refractivity contribution in [3.63, 3.8) is 0 Å². The zero-order chi connectivity index (χ0) is 20.6. The maximum atomic E-state index is 13.0. The Kier molecular flexibility index (Phi) is 9.95. The first-order valence-electron chi connectivity index (χ1n) is 8.72. The molecule has 1 rings (SSSR count). The summed E-state index contributed by atoms with van der Waals surface area (Å²) in [5.74, 6) is -1.68. The predicted octanol–water partition coefficient (Wildman–Crippen LogP) is -0.938. The van der Waals surface area contributed by atoms with Crippen molar-refractivity contribution in [2.45, 2.75) is 50.4 Å². The number of likely N-dealkylation sites (tertiary alicyclic amines) is 1. The van der Waals surface area contributed by atoms with Gasteiger partial charge in [0.2, 0.25) is 17.7 Å². The highest BCUT2D eigenvalue weighted by atomic mass is 32.2. The minimum absolute atomic E-state index is 0.150. The van der Waals surface area contributed by atoms with Crippen molar-refractivity contribution >= 4 is 48.1 Å². The van der Waals surface area contributed by atoms with Crippen molar-refractivity contribution in [1.82, 2.24) is 15.5 Å². The predicted molar refractivity (Wildman–Crippen MR) is 107 cm³/mol. The van der Waals surface area contributed by atoms with Gasteiger partial charge < -0.3 is 26.4 Å². The number of carbonyl (C=O) groups excluding carboxylic acids is 3. The van der Waals surface area contributed by atoms with Gasteiger partial charge in [0.05, 0.1) is 6.04 Å². The molecule has 0 spiro atoms. The van der Waals surface area contributed by atoms with E-state index in [0.717, 1.165) is 0 Å². The van der Waals surface area contributed by atoms with Gasteiger partial charge in [0.25, 0.3) is 0 Å². The SMILES string of the molecule is CSCCC(NC(=O)C(N)CS)C(=O)N1CCCC1C(=O)NC(C)C(=O)O. The molecule has 1 saturated heterocycles. The molecule has 1 aliphatic heterocycles. The van der Waals surface area contributed by atoms with E-state index in [1.807, 2.05) is 6.26 Å². The molecule has 154 valence electrons. The molecule has 9 nitrogen and oxygen atoms in total. The van der Waals surface area contributed by atoms with E-state index in [0.29, 0.717) is 31.6 Å². The number of rotatable bonds is 10. The Hall–Kier alpha value is -1.46. The second-order valence-electron chi connectivity index (χ2n) is 6.39. The maximum absolute atomic E-state index is 13.0. The molecule has 0 aliphatic carbocycles. The average Bonchev–Trinajstić information content (AvgIpc) is 3.13. The van der Waals surface area contributed by atoms with E-state index in [-0.39, 0.29) is 11.7 Å². The topological polar surface area (TPSA) is 142 Å². The van der Waals surface area contributed by atoms with E-state index >= 15 is 0 Å².